The van der Waals surface area contributed by atoms with Crippen LogP contribution in [-0.2, 0) is 19.1 Å². The van der Waals surface area contributed by atoms with Crippen molar-refractivity contribution >= 4 is 23.4 Å². The van der Waals surface area contributed by atoms with E-state index < -0.39 is 0 Å². The van der Waals surface area contributed by atoms with Gasteiger partial charge in [-0.1, -0.05) is 12.1 Å². The monoisotopic (exact) mass is 472 g/mol. The maximum Gasteiger partial charge on any atom is 0.239 e. The zero-order valence-corrected chi connectivity index (χ0v) is 19.5. The van der Waals surface area contributed by atoms with Crippen LogP contribution in [0.2, 0.25) is 0 Å². The van der Waals surface area contributed by atoms with Crippen molar-refractivity contribution in [2.24, 2.45) is 17.8 Å². The summed E-state index contributed by atoms with van der Waals surface area (Å²) in [5.74, 6) is -0.385. The predicted molar refractivity (Wildman–Crippen MR) is 123 cm³/mol. The zero-order chi connectivity index (χ0) is 23.7. The number of ether oxygens (including phenoxy) is 1. The van der Waals surface area contributed by atoms with Crippen LogP contribution in [0.1, 0.15) is 25.7 Å². The number of carbonyl (C=O) groups excluding carboxylic acids is 3. The fourth-order valence-corrected chi connectivity index (χ4v) is 5.98. The maximum atomic E-state index is 14.1. The molecule has 0 spiro atoms. The average molecular weight is 473 g/mol. The van der Waals surface area contributed by atoms with Gasteiger partial charge in [-0.25, -0.2) is 4.39 Å². The van der Waals surface area contributed by atoms with Gasteiger partial charge in [0.1, 0.15) is 5.82 Å². The van der Waals surface area contributed by atoms with Gasteiger partial charge in [-0.3, -0.25) is 14.4 Å². The number of halogens is 1. The second-order valence-electron chi connectivity index (χ2n) is 9.97. The first kappa shape index (κ1) is 23.1. The van der Waals surface area contributed by atoms with E-state index in [0.717, 1.165) is 0 Å². The largest absolute Gasteiger partial charge is 0.381 e. The van der Waals surface area contributed by atoms with Crippen LogP contribution in [0.4, 0.5) is 10.1 Å². The van der Waals surface area contributed by atoms with Gasteiger partial charge >= 0.3 is 0 Å². The van der Waals surface area contributed by atoms with Crippen molar-refractivity contribution in [3.05, 3.63) is 30.1 Å². The molecule has 1 N–H and O–H groups in total. The summed E-state index contributed by atoms with van der Waals surface area (Å²) in [4.78, 5) is 44.5. The topological polar surface area (TPSA) is 82.2 Å². The Hall–Kier alpha value is -2.68. The lowest BCUT2D eigenvalue weighted by molar-refractivity contribution is -0.141. The number of carbonyl (C=O) groups is 3. The third kappa shape index (κ3) is 4.76. The van der Waals surface area contributed by atoms with Crippen LogP contribution in [0.15, 0.2) is 24.3 Å². The van der Waals surface area contributed by atoms with Crippen LogP contribution in [0.5, 0.6) is 0 Å². The summed E-state index contributed by atoms with van der Waals surface area (Å²) in [5.41, 5.74) is 0.578. The quantitative estimate of drug-likeness (QED) is 0.716. The summed E-state index contributed by atoms with van der Waals surface area (Å²) in [5, 5.41) is 3.07. The number of nitrogens with zero attached hydrogens (tertiary/aromatic N) is 3. The smallest absolute Gasteiger partial charge is 0.239 e. The molecule has 0 unspecified atom stereocenters. The molecule has 3 saturated heterocycles. The summed E-state index contributed by atoms with van der Waals surface area (Å²) in [6.45, 7) is 4.09. The van der Waals surface area contributed by atoms with Crippen molar-refractivity contribution in [3.63, 3.8) is 0 Å². The van der Waals surface area contributed by atoms with E-state index in [1.165, 1.54) is 6.07 Å². The van der Waals surface area contributed by atoms with Gasteiger partial charge in [-0.05, 0) is 43.7 Å². The summed E-state index contributed by atoms with van der Waals surface area (Å²) >= 11 is 0. The van der Waals surface area contributed by atoms with Crippen LogP contribution in [0.25, 0.3) is 0 Å². The molecule has 34 heavy (non-hydrogen) atoms. The number of rotatable bonds is 3. The van der Waals surface area contributed by atoms with Crippen LogP contribution in [0, 0.1) is 23.6 Å². The van der Waals surface area contributed by atoms with Crippen molar-refractivity contribution in [2.75, 3.05) is 57.4 Å². The Bertz CT molecular complexity index is 929. The number of fused-ring (bicyclic) bond motifs is 1. The van der Waals surface area contributed by atoms with Crippen molar-refractivity contribution in [3.8, 4) is 0 Å². The van der Waals surface area contributed by atoms with Crippen molar-refractivity contribution in [1.29, 1.82) is 0 Å². The molecule has 9 heteroatoms. The molecule has 1 aromatic carbocycles. The normalized spacial score (nSPS) is 28.3. The Morgan fingerprint density at radius 3 is 2.38 bits per heavy atom. The molecule has 1 saturated carbocycles. The van der Waals surface area contributed by atoms with Crippen molar-refractivity contribution in [2.45, 2.75) is 31.7 Å². The van der Waals surface area contributed by atoms with Gasteiger partial charge in [0, 0.05) is 63.8 Å². The minimum absolute atomic E-state index is 0.0399. The number of benzene rings is 1. The molecule has 0 bridgehead atoms. The van der Waals surface area contributed by atoms with E-state index in [0.29, 0.717) is 77.3 Å². The number of hydrogen-bond donors (Lipinski definition) is 1. The molecule has 0 aromatic heterocycles. The van der Waals surface area contributed by atoms with E-state index in [2.05, 4.69) is 5.32 Å². The number of para-hydroxylation sites is 1. The minimum atomic E-state index is -0.242. The second-order valence-corrected chi connectivity index (χ2v) is 9.97. The van der Waals surface area contributed by atoms with E-state index in [9.17, 15) is 18.8 Å². The highest BCUT2D eigenvalue weighted by molar-refractivity contribution is 5.87. The first-order chi connectivity index (χ1) is 16.5. The van der Waals surface area contributed by atoms with Crippen molar-refractivity contribution in [1.82, 2.24) is 15.1 Å². The summed E-state index contributed by atoms with van der Waals surface area (Å²) in [6, 6.07) is 6.66. The minimum Gasteiger partial charge on any atom is -0.381 e. The van der Waals surface area contributed by atoms with Gasteiger partial charge in [0.15, 0.2) is 0 Å². The van der Waals surface area contributed by atoms with E-state index >= 15 is 0 Å². The van der Waals surface area contributed by atoms with E-state index in [1.54, 1.807) is 17.0 Å². The summed E-state index contributed by atoms with van der Waals surface area (Å²) in [6.07, 6.45) is 2.69. The molecule has 8 nitrogen and oxygen atoms in total. The number of hydrogen-bond acceptors (Lipinski definition) is 5. The Labute approximate surface area is 199 Å². The molecule has 4 aliphatic rings. The highest BCUT2D eigenvalue weighted by Crippen LogP contribution is 2.35. The Balaban J connectivity index is 1.18. The highest BCUT2D eigenvalue weighted by atomic mass is 19.1. The molecule has 5 rings (SSSR count). The Kier molecular flexibility index (Phi) is 6.72. The third-order valence-electron chi connectivity index (χ3n) is 7.85. The predicted octanol–water partition coefficient (Wildman–Crippen LogP) is 1.25. The molecule has 4 fully saturated rings. The molecule has 184 valence electrons. The lowest BCUT2D eigenvalue weighted by atomic mass is 9.97. The van der Waals surface area contributed by atoms with E-state index in [4.69, 9.17) is 4.74 Å². The maximum absolute atomic E-state index is 14.1. The molecule has 0 radical (unpaired) electrons. The molecular weight excluding hydrogens is 439 g/mol. The number of piperazine rings is 1. The SMILES string of the molecule is O=C1CN(C(=O)C2CCOCC2)C[C@H]2C[C@H](C(=O)N3CCN(c4ccccc4F)CC3)C[C@H]2N1. The lowest BCUT2D eigenvalue weighted by Crippen LogP contribution is -2.50. The molecular formula is C25H33FN4O4. The Morgan fingerprint density at radius 1 is 0.941 bits per heavy atom. The van der Waals surface area contributed by atoms with Gasteiger partial charge in [-0.2, -0.15) is 0 Å². The molecule has 3 atom stereocenters. The first-order valence-electron chi connectivity index (χ1n) is 12.4. The van der Waals surface area contributed by atoms with E-state index in [-0.39, 0.29) is 53.9 Å². The average Bonchev–Trinajstić information content (AvgIpc) is 3.18. The van der Waals surface area contributed by atoms with Crippen LogP contribution < -0.4 is 10.2 Å². The van der Waals surface area contributed by atoms with Gasteiger partial charge in [0.2, 0.25) is 17.7 Å². The Morgan fingerprint density at radius 2 is 1.65 bits per heavy atom. The molecule has 3 heterocycles. The van der Waals surface area contributed by atoms with Gasteiger partial charge in [-0.15, -0.1) is 0 Å². The molecule has 1 aromatic rings. The van der Waals surface area contributed by atoms with Crippen molar-refractivity contribution < 1.29 is 23.5 Å². The van der Waals surface area contributed by atoms with Crippen LogP contribution >= 0.6 is 0 Å². The third-order valence-corrected chi connectivity index (χ3v) is 7.85. The van der Waals surface area contributed by atoms with Crippen LogP contribution in [0.3, 0.4) is 0 Å². The molecule has 3 amide bonds. The standard InChI is InChI=1S/C25H33FN4O4/c26-20-3-1-2-4-22(20)28-7-9-29(10-8-28)25(33)18-13-19-15-30(16-23(31)27-21(19)14-18)24(32)17-5-11-34-12-6-17/h1-4,17-19,21H,5-16H2,(H,27,31)/t18-,19+,21+/m0/s1. The lowest BCUT2D eigenvalue weighted by Gasteiger charge is -2.37. The first-order valence-corrected chi connectivity index (χ1v) is 12.4. The molecule has 3 aliphatic heterocycles. The second kappa shape index (κ2) is 9.90. The highest BCUT2D eigenvalue weighted by Gasteiger charge is 2.44. The summed E-state index contributed by atoms with van der Waals surface area (Å²) in [7, 11) is 0. The van der Waals surface area contributed by atoms with Gasteiger partial charge in [0.05, 0.1) is 12.2 Å². The number of anilines is 1. The fraction of sp³-hybridized carbons (Fsp3) is 0.640. The molecule has 1 aliphatic carbocycles. The van der Waals surface area contributed by atoms with Crippen LogP contribution in [-0.4, -0.2) is 86.0 Å². The van der Waals surface area contributed by atoms with E-state index in [1.807, 2.05) is 15.9 Å². The summed E-state index contributed by atoms with van der Waals surface area (Å²) < 4.78 is 19.5. The fourth-order valence-electron chi connectivity index (χ4n) is 5.98. The number of nitrogens with one attached hydrogen (secondary N) is 1. The zero-order valence-electron chi connectivity index (χ0n) is 19.5. The number of amides is 3. The van der Waals surface area contributed by atoms with Gasteiger partial charge in [0.25, 0.3) is 0 Å². The van der Waals surface area contributed by atoms with Gasteiger partial charge < -0.3 is 24.8 Å².